The van der Waals surface area contributed by atoms with Gasteiger partial charge in [0.05, 0.1) is 10.9 Å². The van der Waals surface area contributed by atoms with Gasteiger partial charge in [0.2, 0.25) is 10.8 Å². The van der Waals surface area contributed by atoms with Crippen LogP contribution in [-0.4, -0.2) is 55.7 Å². The van der Waals surface area contributed by atoms with Crippen molar-refractivity contribution in [1.82, 2.24) is 24.4 Å². The second-order valence-corrected chi connectivity index (χ2v) is 9.34. The van der Waals surface area contributed by atoms with Crippen molar-refractivity contribution in [3.8, 4) is 5.88 Å². The lowest BCUT2D eigenvalue weighted by molar-refractivity contribution is 0.105. The van der Waals surface area contributed by atoms with Gasteiger partial charge in [0.1, 0.15) is 5.82 Å². The summed E-state index contributed by atoms with van der Waals surface area (Å²) in [6, 6.07) is 18.4. The van der Waals surface area contributed by atoms with Crippen LogP contribution >= 0.6 is 22.9 Å². The quantitative estimate of drug-likeness (QED) is 0.486. The van der Waals surface area contributed by atoms with E-state index in [1.807, 2.05) is 25.1 Å². The van der Waals surface area contributed by atoms with Crippen LogP contribution in [0.4, 0.5) is 0 Å². The van der Waals surface area contributed by atoms with E-state index in [2.05, 4.69) is 56.3 Å². The Morgan fingerprint density at radius 3 is 2.55 bits per heavy atom. The number of rotatable bonds is 5. The van der Waals surface area contributed by atoms with Crippen LogP contribution in [0.25, 0.3) is 4.96 Å². The number of fused-ring (bicyclic) bond motifs is 1. The molecule has 0 amide bonds. The van der Waals surface area contributed by atoms with Crippen molar-refractivity contribution >= 4 is 27.9 Å². The summed E-state index contributed by atoms with van der Waals surface area (Å²) in [6.07, 6.45) is 0. The fourth-order valence-electron chi connectivity index (χ4n) is 4.25. The molecule has 5 rings (SSSR count). The van der Waals surface area contributed by atoms with E-state index in [0.717, 1.165) is 43.2 Å². The third kappa shape index (κ3) is 4.19. The van der Waals surface area contributed by atoms with E-state index in [1.54, 1.807) is 4.52 Å². The maximum atomic E-state index is 11.0. The summed E-state index contributed by atoms with van der Waals surface area (Å²) < 4.78 is 1.54. The molecule has 0 radical (unpaired) electrons. The Bertz CT molecular complexity index is 1180. The molecule has 4 aromatic rings. The second-order valence-electron chi connectivity index (χ2n) is 7.90. The molecule has 1 saturated heterocycles. The van der Waals surface area contributed by atoms with Crippen molar-refractivity contribution in [2.24, 2.45) is 0 Å². The Kier molecular flexibility index (Phi) is 5.67. The van der Waals surface area contributed by atoms with E-state index in [-0.39, 0.29) is 11.9 Å². The molecule has 0 unspecified atom stereocenters. The highest BCUT2D eigenvalue weighted by Gasteiger charge is 2.31. The first-order chi connectivity index (χ1) is 15.1. The second kappa shape index (κ2) is 8.59. The molecule has 160 valence electrons. The molecular formula is C23H24ClN5OS. The number of thiazole rings is 1. The number of hydrogen-bond donors (Lipinski definition) is 1. The zero-order valence-corrected chi connectivity index (χ0v) is 18.9. The summed E-state index contributed by atoms with van der Waals surface area (Å²) in [5.74, 6) is 0.819. The largest absolute Gasteiger partial charge is 0.492 e. The first kappa shape index (κ1) is 20.5. The average molecular weight is 454 g/mol. The van der Waals surface area contributed by atoms with Crippen LogP contribution in [0.5, 0.6) is 5.88 Å². The standard InChI is InChI=1S/C23H24ClN5OS/c1-16-25-23-29(26-16)22(30)21(31-23)20(18-8-5-9-19(24)14-18)28-12-10-27(11-13-28)15-17-6-3-2-4-7-17/h2-9,14,20,30H,10-13,15H2,1H3/t20-/m0/s1. The third-order valence-corrected chi connectivity index (χ3v) is 7.05. The first-order valence-electron chi connectivity index (χ1n) is 10.4. The van der Waals surface area contributed by atoms with Crippen LogP contribution in [0.2, 0.25) is 5.02 Å². The summed E-state index contributed by atoms with van der Waals surface area (Å²) in [4.78, 5) is 10.9. The van der Waals surface area contributed by atoms with Gasteiger partial charge in [0, 0.05) is 37.7 Å². The maximum absolute atomic E-state index is 11.0. The molecule has 1 aliphatic rings. The number of aromatic nitrogens is 3. The van der Waals surface area contributed by atoms with Crippen LogP contribution in [-0.2, 0) is 6.54 Å². The summed E-state index contributed by atoms with van der Waals surface area (Å²) in [7, 11) is 0. The molecule has 6 nitrogen and oxygen atoms in total. The summed E-state index contributed by atoms with van der Waals surface area (Å²) in [5, 5.41) is 16.0. The smallest absolute Gasteiger partial charge is 0.230 e. The number of hydrogen-bond acceptors (Lipinski definition) is 6. The molecule has 0 bridgehead atoms. The minimum absolute atomic E-state index is 0.0913. The van der Waals surface area contributed by atoms with Gasteiger partial charge in [-0.3, -0.25) is 9.80 Å². The van der Waals surface area contributed by atoms with Gasteiger partial charge < -0.3 is 5.11 Å². The number of nitrogens with zero attached hydrogens (tertiary/aromatic N) is 5. The Morgan fingerprint density at radius 1 is 1.06 bits per heavy atom. The van der Waals surface area contributed by atoms with E-state index in [1.165, 1.54) is 16.9 Å². The van der Waals surface area contributed by atoms with Crippen LogP contribution in [0, 0.1) is 6.92 Å². The number of aryl methyl sites for hydroxylation is 1. The van der Waals surface area contributed by atoms with Crippen LogP contribution in [0.15, 0.2) is 54.6 Å². The lowest BCUT2D eigenvalue weighted by Crippen LogP contribution is -2.47. The van der Waals surface area contributed by atoms with Crippen molar-refractivity contribution in [3.05, 3.63) is 81.4 Å². The highest BCUT2D eigenvalue weighted by Crippen LogP contribution is 2.40. The van der Waals surface area contributed by atoms with Gasteiger partial charge in [0.15, 0.2) is 0 Å². The van der Waals surface area contributed by atoms with Crippen molar-refractivity contribution in [1.29, 1.82) is 0 Å². The summed E-state index contributed by atoms with van der Waals surface area (Å²) in [5.41, 5.74) is 2.40. The Labute approximate surface area is 190 Å². The molecule has 0 saturated carbocycles. The number of benzene rings is 2. The van der Waals surface area contributed by atoms with Crippen LogP contribution in [0.1, 0.15) is 27.9 Å². The summed E-state index contributed by atoms with van der Waals surface area (Å²) in [6.45, 7) is 6.52. The molecule has 8 heteroatoms. The average Bonchev–Trinajstić information content (AvgIpc) is 3.27. The minimum Gasteiger partial charge on any atom is -0.492 e. The fraction of sp³-hybridized carbons (Fsp3) is 0.304. The highest BCUT2D eigenvalue weighted by atomic mass is 35.5. The van der Waals surface area contributed by atoms with Crippen LogP contribution < -0.4 is 0 Å². The first-order valence-corrected chi connectivity index (χ1v) is 11.6. The normalized spacial score (nSPS) is 16.7. The lowest BCUT2D eigenvalue weighted by Gasteiger charge is -2.39. The SMILES string of the molecule is Cc1nc2sc([C@H](c3cccc(Cl)c3)N3CCN(Cc4ccccc4)CC3)c(O)n2n1. The topological polar surface area (TPSA) is 56.9 Å². The molecular weight excluding hydrogens is 430 g/mol. The maximum Gasteiger partial charge on any atom is 0.230 e. The predicted molar refractivity (Wildman–Crippen MR) is 124 cm³/mol. The minimum atomic E-state index is -0.0913. The van der Waals surface area contributed by atoms with E-state index < -0.39 is 0 Å². The van der Waals surface area contributed by atoms with Gasteiger partial charge in [-0.1, -0.05) is 65.4 Å². The molecule has 31 heavy (non-hydrogen) atoms. The van der Waals surface area contributed by atoms with Gasteiger partial charge >= 0.3 is 0 Å². The Hall–Kier alpha value is -2.45. The van der Waals surface area contributed by atoms with Crippen molar-refractivity contribution in [2.45, 2.75) is 19.5 Å². The van der Waals surface area contributed by atoms with E-state index in [4.69, 9.17) is 11.6 Å². The highest BCUT2D eigenvalue weighted by molar-refractivity contribution is 7.17. The van der Waals surface area contributed by atoms with Crippen molar-refractivity contribution < 1.29 is 5.11 Å². The molecule has 1 atom stereocenters. The summed E-state index contributed by atoms with van der Waals surface area (Å²) >= 11 is 7.82. The molecule has 3 heterocycles. The molecule has 1 aliphatic heterocycles. The van der Waals surface area contributed by atoms with E-state index in [9.17, 15) is 5.11 Å². The molecule has 2 aromatic carbocycles. The van der Waals surface area contributed by atoms with Gasteiger partial charge in [-0.25, -0.2) is 4.98 Å². The van der Waals surface area contributed by atoms with Gasteiger partial charge in [-0.05, 0) is 30.2 Å². The third-order valence-electron chi connectivity index (χ3n) is 5.74. The van der Waals surface area contributed by atoms with Crippen molar-refractivity contribution in [2.75, 3.05) is 26.2 Å². The van der Waals surface area contributed by atoms with Gasteiger partial charge in [0.25, 0.3) is 0 Å². The molecule has 0 spiro atoms. The van der Waals surface area contributed by atoms with Crippen molar-refractivity contribution in [3.63, 3.8) is 0 Å². The Balaban J connectivity index is 1.43. The number of halogens is 1. The molecule has 1 fully saturated rings. The fourth-order valence-corrected chi connectivity index (χ4v) is 5.61. The Morgan fingerprint density at radius 2 is 1.84 bits per heavy atom. The van der Waals surface area contributed by atoms with Gasteiger partial charge in [-0.15, -0.1) is 5.10 Å². The predicted octanol–water partition coefficient (Wildman–Crippen LogP) is 4.37. The number of piperazine rings is 1. The monoisotopic (exact) mass is 453 g/mol. The molecule has 0 aliphatic carbocycles. The van der Waals surface area contributed by atoms with E-state index >= 15 is 0 Å². The molecule has 1 N–H and O–H groups in total. The zero-order chi connectivity index (χ0) is 21.4. The number of aromatic hydroxyl groups is 1. The van der Waals surface area contributed by atoms with E-state index in [0.29, 0.717) is 15.8 Å². The lowest BCUT2D eigenvalue weighted by atomic mass is 10.0. The zero-order valence-electron chi connectivity index (χ0n) is 17.3. The van der Waals surface area contributed by atoms with Crippen LogP contribution in [0.3, 0.4) is 0 Å². The van der Waals surface area contributed by atoms with Gasteiger partial charge in [-0.2, -0.15) is 4.52 Å². The molecule has 2 aromatic heterocycles.